The Morgan fingerprint density at radius 2 is 1.81 bits per heavy atom. The molecule has 0 saturated carbocycles. The molecule has 3 aromatic heterocycles. The van der Waals surface area contributed by atoms with Crippen LogP contribution in [0.1, 0.15) is 6.92 Å². The minimum Gasteiger partial charge on any atom is -0.467 e. The number of pyridine rings is 2. The largest absolute Gasteiger partial charge is 0.467 e. The first-order chi connectivity index (χ1) is 15.5. The zero-order valence-electron chi connectivity index (χ0n) is 18.9. The van der Waals surface area contributed by atoms with Gasteiger partial charge in [0.15, 0.2) is 6.79 Å². The topological polar surface area (TPSA) is 68.5 Å². The van der Waals surface area contributed by atoms with E-state index in [2.05, 4.69) is 47.1 Å². The highest BCUT2D eigenvalue weighted by atomic mass is 16.7. The first-order valence-electron chi connectivity index (χ1n) is 10.8. The molecule has 8 nitrogen and oxygen atoms in total. The van der Waals surface area contributed by atoms with E-state index in [0.29, 0.717) is 11.8 Å². The number of nitrogens with zero attached hydrogens (tertiary/aromatic N) is 6. The third kappa shape index (κ3) is 3.87. The Bertz CT molecular complexity index is 1270. The third-order valence-corrected chi connectivity index (χ3v) is 6.14. The Morgan fingerprint density at radius 3 is 2.62 bits per heavy atom. The normalized spacial score (nSPS) is 17.4. The van der Waals surface area contributed by atoms with Crippen LogP contribution in [0.15, 0.2) is 42.6 Å². The lowest BCUT2D eigenvalue weighted by atomic mass is 10.1. The van der Waals surface area contributed by atoms with Gasteiger partial charge in [-0.05, 0) is 44.3 Å². The Balaban J connectivity index is 1.51. The Kier molecular flexibility index (Phi) is 5.40. The van der Waals surface area contributed by atoms with Crippen LogP contribution in [0, 0.1) is 0 Å². The van der Waals surface area contributed by atoms with Crippen LogP contribution in [0.2, 0.25) is 0 Å². The van der Waals surface area contributed by atoms with Crippen LogP contribution in [-0.2, 0) is 11.8 Å². The molecule has 1 atom stereocenters. The number of anilines is 1. The van der Waals surface area contributed by atoms with Crippen molar-refractivity contribution < 1.29 is 9.47 Å². The molecule has 1 aliphatic rings. The summed E-state index contributed by atoms with van der Waals surface area (Å²) in [6.45, 7) is 5.41. The van der Waals surface area contributed by atoms with Crippen LogP contribution >= 0.6 is 0 Å². The van der Waals surface area contributed by atoms with Gasteiger partial charge in [0.2, 0.25) is 0 Å². The predicted octanol–water partition coefficient (Wildman–Crippen LogP) is 3.31. The summed E-state index contributed by atoms with van der Waals surface area (Å²) in [6.07, 6.45) is 1.99. The third-order valence-electron chi connectivity index (χ3n) is 6.14. The van der Waals surface area contributed by atoms with Crippen LogP contribution < -0.4 is 9.64 Å². The lowest BCUT2D eigenvalue weighted by molar-refractivity contribution is 0.0516. The maximum atomic E-state index is 5.85. The number of fused-ring (bicyclic) bond motifs is 2. The van der Waals surface area contributed by atoms with Gasteiger partial charge in [-0.1, -0.05) is 0 Å². The van der Waals surface area contributed by atoms with Crippen LogP contribution in [0.4, 0.5) is 5.82 Å². The highest BCUT2D eigenvalue weighted by Crippen LogP contribution is 2.34. The second-order valence-corrected chi connectivity index (χ2v) is 8.44. The summed E-state index contributed by atoms with van der Waals surface area (Å²) >= 11 is 0. The molecule has 166 valence electrons. The van der Waals surface area contributed by atoms with Gasteiger partial charge in [-0.2, -0.15) is 5.10 Å². The first kappa shape index (κ1) is 20.7. The molecule has 0 spiro atoms. The summed E-state index contributed by atoms with van der Waals surface area (Å²) in [4.78, 5) is 14.5. The van der Waals surface area contributed by atoms with Crippen molar-refractivity contribution in [2.45, 2.75) is 13.0 Å². The van der Waals surface area contributed by atoms with Gasteiger partial charge < -0.3 is 19.3 Å². The molecule has 0 N–H and O–H groups in total. The van der Waals surface area contributed by atoms with E-state index in [1.54, 1.807) is 11.8 Å². The molecule has 32 heavy (non-hydrogen) atoms. The Labute approximate surface area is 187 Å². The summed E-state index contributed by atoms with van der Waals surface area (Å²) in [5.74, 6) is 1.70. The highest BCUT2D eigenvalue weighted by molar-refractivity contribution is 5.89. The van der Waals surface area contributed by atoms with Gasteiger partial charge in [0.25, 0.3) is 0 Å². The van der Waals surface area contributed by atoms with E-state index in [4.69, 9.17) is 19.4 Å². The van der Waals surface area contributed by atoms with Gasteiger partial charge in [0, 0.05) is 63.0 Å². The van der Waals surface area contributed by atoms with Crippen LogP contribution in [0.25, 0.3) is 33.2 Å². The number of rotatable bonds is 5. The highest BCUT2D eigenvalue weighted by Gasteiger charge is 2.22. The van der Waals surface area contributed by atoms with Gasteiger partial charge in [-0.3, -0.25) is 4.68 Å². The molecule has 1 aliphatic heterocycles. The van der Waals surface area contributed by atoms with E-state index in [1.165, 1.54) is 0 Å². The van der Waals surface area contributed by atoms with E-state index < -0.39 is 0 Å². The number of aromatic nitrogens is 4. The minimum atomic E-state index is 0.160. The van der Waals surface area contributed by atoms with E-state index in [9.17, 15) is 0 Å². The maximum absolute atomic E-state index is 5.85. The first-order valence-corrected chi connectivity index (χ1v) is 10.8. The molecular formula is C24H28N6O2. The van der Waals surface area contributed by atoms with Crippen LogP contribution in [-0.4, -0.2) is 71.3 Å². The fourth-order valence-corrected chi connectivity index (χ4v) is 4.20. The van der Waals surface area contributed by atoms with Gasteiger partial charge in [0.05, 0.1) is 22.2 Å². The number of likely N-dealkylation sites (N-methyl/N-ethyl adjacent to an activating group) is 1. The fraction of sp³-hybridized carbons (Fsp3) is 0.375. The number of piperazine rings is 1. The molecule has 0 amide bonds. The van der Waals surface area contributed by atoms with Crippen molar-refractivity contribution in [2.24, 2.45) is 7.05 Å². The van der Waals surface area contributed by atoms with Crippen molar-refractivity contribution in [1.29, 1.82) is 0 Å². The van der Waals surface area contributed by atoms with Gasteiger partial charge in [0.1, 0.15) is 11.6 Å². The van der Waals surface area contributed by atoms with Crippen molar-refractivity contribution >= 4 is 27.8 Å². The molecule has 1 unspecified atom stereocenters. The van der Waals surface area contributed by atoms with Crippen LogP contribution in [0.5, 0.6) is 5.75 Å². The molecular weight excluding hydrogens is 404 g/mol. The average molecular weight is 433 g/mol. The monoisotopic (exact) mass is 432 g/mol. The summed E-state index contributed by atoms with van der Waals surface area (Å²) in [5.41, 5.74) is 4.35. The molecule has 0 radical (unpaired) electrons. The Morgan fingerprint density at radius 1 is 1.00 bits per heavy atom. The molecule has 1 aromatic carbocycles. The smallest absolute Gasteiger partial charge is 0.188 e. The van der Waals surface area contributed by atoms with Crippen LogP contribution in [0.3, 0.4) is 0 Å². The number of benzene rings is 1. The lowest BCUT2D eigenvalue weighted by Gasteiger charge is -2.38. The molecule has 5 rings (SSSR count). The lowest BCUT2D eigenvalue weighted by Crippen LogP contribution is -2.50. The Hall–Kier alpha value is -3.23. The molecule has 4 heterocycles. The molecule has 1 fully saturated rings. The number of aryl methyl sites for hydroxylation is 1. The maximum Gasteiger partial charge on any atom is 0.188 e. The fourth-order valence-electron chi connectivity index (χ4n) is 4.20. The number of hydrogen-bond acceptors (Lipinski definition) is 7. The number of hydrogen-bond donors (Lipinski definition) is 0. The molecule has 0 bridgehead atoms. The predicted molar refractivity (Wildman–Crippen MR) is 126 cm³/mol. The van der Waals surface area contributed by atoms with E-state index in [1.807, 2.05) is 31.4 Å². The van der Waals surface area contributed by atoms with Gasteiger partial charge in [-0.25, -0.2) is 9.97 Å². The zero-order valence-corrected chi connectivity index (χ0v) is 18.9. The second kappa shape index (κ2) is 8.37. The SMILES string of the molecule is COCOc1cc2nn(C)cc2cc1-c1ccc2nc(N3CCN(C)C(C)C3)ccc2n1. The van der Waals surface area contributed by atoms with Crippen molar-refractivity contribution in [1.82, 2.24) is 24.6 Å². The molecule has 8 heteroatoms. The summed E-state index contributed by atoms with van der Waals surface area (Å²) in [6, 6.07) is 12.7. The summed E-state index contributed by atoms with van der Waals surface area (Å²) < 4.78 is 12.8. The summed E-state index contributed by atoms with van der Waals surface area (Å²) in [7, 11) is 5.69. The van der Waals surface area contributed by atoms with Gasteiger partial charge >= 0.3 is 0 Å². The minimum absolute atomic E-state index is 0.160. The van der Waals surface area contributed by atoms with Crippen molar-refractivity contribution in [2.75, 3.05) is 45.5 Å². The van der Waals surface area contributed by atoms with Gasteiger partial charge in [-0.15, -0.1) is 0 Å². The number of ether oxygens (including phenoxy) is 2. The summed E-state index contributed by atoms with van der Waals surface area (Å²) in [5, 5.41) is 5.52. The van der Waals surface area contributed by atoms with Crippen molar-refractivity contribution in [3.8, 4) is 17.0 Å². The van der Waals surface area contributed by atoms with Crippen molar-refractivity contribution in [3.63, 3.8) is 0 Å². The molecule has 1 saturated heterocycles. The van der Waals surface area contributed by atoms with E-state index in [-0.39, 0.29) is 6.79 Å². The molecule has 0 aliphatic carbocycles. The standard InChI is InChI=1S/C24H28N6O2/c1-16-13-30(10-9-28(16)2)24-8-7-20-21(26-24)6-5-19(25-20)18-11-17-14-29(3)27-22(17)12-23(18)32-15-31-4/h5-8,11-12,14,16H,9-10,13,15H2,1-4H3. The second-order valence-electron chi connectivity index (χ2n) is 8.44. The van der Waals surface area contributed by atoms with E-state index >= 15 is 0 Å². The number of methoxy groups -OCH3 is 1. The average Bonchev–Trinajstić information content (AvgIpc) is 3.17. The van der Waals surface area contributed by atoms with Crippen molar-refractivity contribution in [3.05, 3.63) is 42.6 Å². The zero-order chi connectivity index (χ0) is 22.2. The van der Waals surface area contributed by atoms with E-state index in [0.717, 1.165) is 58.6 Å². The molecule has 4 aromatic rings. The quantitative estimate of drug-likeness (QED) is 0.448.